The minimum atomic E-state index is -1.28. The molecule has 166 valence electrons. The van der Waals surface area contributed by atoms with Gasteiger partial charge in [-0.05, 0) is 55.0 Å². The lowest BCUT2D eigenvalue weighted by Crippen LogP contribution is -2.62. The number of aliphatic carboxylic acids is 1. The van der Waals surface area contributed by atoms with Gasteiger partial charge in [-0.25, -0.2) is 0 Å². The summed E-state index contributed by atoms with van der Waals surface area (Å²) in [5.74, 6) is -2.46. The van der Waals surface area contributed by atoms with E-state index in [1.54, 1.807) is 35.2 Å². The van der Waals surface area contributed by atoms with Crippen molar-refractivity contribution in [3.8, 4) is 0 Å². The fourth-order valence-electron chi connectivity index (χ4n) is 5.32. The molecule has 1 saturated carbocycles. The lowest BCUT2D eigenvalue weighted by Gasteiger charge is -2.51. The number of carbonyl (C=O) groups excluding carboxylic acids is 2. The van der Waals surface area contributed by atoms with E-state index in [9.17, 15) is 19.5 Å². The molecule has 32 heavy (non-hydrogen) atoms. The van der Waals surface area contributed by atoms with Crippen molar-refractivity contribution < 1.29 is 19.5 Å². The summed E-state index contributed by atoms with van der Waals surface area (Å²) in [6.07, 6.45) is 1.94. The SMILES string of the molecule is O=C(O)CC1C[C@H](c2cccc(Cl)c2)[C@]2(C(=O)Nc3cc(Cl)ccc32)N(CC2CC2)C1=O. The van der Waals surface area contributed by atoms with Crippen LogP contribution in [-0.4, -0.2) is 34.3 Å². The first-order chi connectivity index (χ1) is 15.3. The predicted octanol–water partition coefficient (Wildman–Crippen LogP) is 4.66. The molecule has 6 nitrogen and oxygen atoms in total. The Kier molecular flexibility index (Phi) is 5.18. The summed E-state index contributed by atoms with van der Waals surface area (Å²) < 4.78 is 0. The number of anilines is 1. The monoisotopic (exact) mass is 472 g/mol. The maximum Gasteiger partial charge on any atom is 0.304 e. The molecular weight excluding hydrogens is 451 g/mol. The van der Waals surface area contributed by atoms with E-state index in [0.717, 1.165) is 18.4 Å². The van der Waals surface area contributed by atoms with Gasteiger partial charge in [-0.3, -0.25) is 14.4 Å². The minimum absolute atomic E-state index is 0.238. The zero-order valence-corrected chi connectivity index (χ0v) is 18.7. The van der Waals surface area contributed by atoms with E-state index < -0.39 is 23.3 Å². The molecule has 0 radical (unpaired) electrons. The van der Waals surface area contributed by atoms with Gasteiger partial charge in [0.25, 0.3) is 5.91 Å². The number of benzene rings is 2. The second-order valence-electron chi connectivity index (χ2n) is 8.94. The molecule has 2 N–H and O–H groups in total. The fraction of sp³-hybridized carbons (Fsp3) is 0.375. The zero-order chi connectivity index (χ0) is 22.6. The number of piperidine rings is 1. The van der Waals surface area contributed by atoms with Gasteiger partial charge in [0.2, 0.25) is 5.91 Å². The molecule has 1 unspecified atom stereocenters. The van der Waals surface area contributed by atoms with E-state index in [4.69, 9.17) is 23.2 Å². The molecule has 2 fully saturated rings. The van der Waals surface area contributed by atoms with Crippen LogP contribution in [0.3, 0.4) is 0 Å². The number of nitrogens with one attached hydrogen (secondary N) is 1. The number of carboxylic acids is 1. The largest absolute Gasteiger partial charge is 0.481 e. The number of carboxylic acid groups (broad SMARTS) is 1. The van der Waals surface area contributed by atoms with Crippen LogP contribution in [0.1, 0.15) is 42.7 Å². The number of amides is 2. The third-order valence-corrected chi connectivity index (χ3v) is 7.33. The van der Waals surface area contributed by atoms with E-state index in [0.29, 0.717) is 33.8 Å². The van der Waals surface area contributed by atoms with Crippen molar-refractivity contribution in [1.29, 1.82) is 0 Å². The Morgan fingerprint density at radius 1 is 1.12 bits per heavy atom. The molecular formula is C24H22Cl2N2O4. The number of halogens is 2. The molecule has 5 rings (SSSR count). The van der Waals surface area contributed by atoms with Gasteiger partial charge >= 0.3 is 5.97 Å². The summed E-state index contributed by atoms with van der Waals surface area (Å²) in [6, 6.07) is 12.5. The van der Waals surface area contributed by atoms with Crippen molar-refractivity contribution >= 4 is 46.7 Å². The molecule has 2 aromatic carbocycles. The highest BCUT2D eigenvalue weighted by atomic mass is 35.5. The topological polar surface area (TPSA) is 86.7 Å². The molecule has 2 aromatic rings. The summed E-state index contributed by atoms with van der Waals surface area (Å²) in [4.78, 5) is 40.7. The Labute approximate surface area is 195 Å². The number of likely N-dealkylation sites (tertiary alicyclic amines) is 1. The van der Waals surface area contributed by atoms with Crippen LogP contribution in [0.25, 0.3) is 0 Å². The highest BCUT2D eigenvalue weighted by Gasteiger charge is 2.62. The molecule has 0 bridgehead atoms. The Morgan fingerprint density at radius 3 is 2.56 bits per heavy atom. The first-order valence-electron chi connectivity index (χ1n) is 10.7. The van der Waals surface area contributed by atoms with Crippen LogP contribution in [0.2, 0.25) is 10.0 Å². The van der Waals surface area contributed by atoms with Crippen LogP contribution >= 0.6 is 23.2 Å². The highest BCUT2D eigenvalue weighted by molar-refractivity contribution is 6.31. The number of hydrogen-bond donors (Lipinski definition) is 2. The molecule has 0 aromatic heterocycles. The minimum Gasteiger partial charge on any atom is -0.481 e. The van der Waals surface area contributed by atoms with Crippen molar-refractivity contribution in [2.75, 3.05) is 11.9 Å². The number of carbonyl (C=O) groups is 3. The van der Waals surface area contributed by atoms with Crippen LogP contribution in [0.4, 0.5) is 5.69 Å². The number of hydrogen-bond acceptors (Lipinski definition) is 3. The second kappa shape index (κ2) is 7.78. The Balaban J connectivity index is 1.74. The van der Waals surface area contributed by atoms with Crippen molar-refractivity contribution in [1.82, 2.24) is 4.90 Å². The van der Waals surface area contributed by atoms with Crippen molar-refractivity contribution in [3.05, 3.63) is 63.6 Å². The maximum absolute atomic E-state index is 13.8. The van der Waals surface area contributed by atoms with Gasteiger partial charge in [0.15, 0.2) is 5.54 Å². The molecule has 3 atom stereocenters. The first-order valence-corrected chi connectivity index (χ1v) is 11.5. The molecule has 2 heterocycles. The van der Waals surface area contributed by atoms with E-state index in [-0.39, 0.29) is 24.7 Å². The van der Waals surface area contributed by atoms with Crippen LogP contribution in [-0.2, 0) is 19.9 Å². The zero-order valence-electron chi connectivity index (χ0n) is 17.2. The van der Waals surface area contributed by atoms with Crippen LogP contribution in [0.5, 0.6) is 0 Å². The van der Waals surface area contributed by atoms with Gasteiger partial charge in [0.1, 0.15) is 0 Å². The van der Waals surface area contributed by atoms with E-state index in [1.165, 1.54) is 0 Å². The Hall–Kier alpha value is -2.57. The average molecular weight is 473 g/mol. The second-order valence-corrected chi connectivity index (χ2v) is 9.81. The quantitative estimate of drug-likeness (QED) is 0.662. The van der Waals surface area contributed by atoms with Crippen LogP contribution < -0.4 is 5.32 Å². The summed E-state index contributed by atoms with van der Waals surface area (Å²) >= 11 is 12.5. The third-order valence-electron chi connectivity index (χ3n) is 6.86. The first kappa shape index (κ1) is 21.3. The molecule has 3 aliphatic rings. The number of rotatable bonds is 5. The molecule has 1 spiro atoms. The van der Waals surface area contributed by atoms with E-state index in [2.05, 4.69) is 5.32 Å². The molecule has 2 aliphatic heterocycles. The van der Waals surface area contributed by atoms with Crippen LogP contribution in [0.15, 0.2) is 42.5 Å². The van der Waals surface area contributed by atoms with Gasteiger partial charge in [-0.1, -0.05) is 41.4 Å². The van der Waals surface area contributed by atoms with E-state index >= 15 is 0 Å². The van der Waals surface area contributed by atoms with E-state index in [1.807, 2.05) is 12.1 Å². The summed E-state index contributed by atoms with van der Waals surface area (Å²) in [6.45, 7) is 0.418. The number of fused-ring (bicyclic) bond motifs is 2. The lowest BCUT2D eigenvalue weighted by molar-refractivity contribution is -0.160. The average Bonchev–Trinajstić information content (AvgIpc) is 3.51. The Bertz CT molecular complexity index is 1130. The van der Waals surface area contributed by atoms with Crippen molar-refractivity contribution in [2.45, 2.75) is 37.1 Å². The summed E-state index contributed by atoms with van der Waals surface area (Å²) in [5, 5.41) is 13.4. The van der Waals surface area contributed by atoms with Crippen molar-refractivity contribution in [2.24, 2.45) is 11.8 Å². The lowest BCUT2D eigenvalue weighted by atomic mass is 9.66. The highest BCUT2D eigenvalue weighted by Crippen LogP contribution is 2.56. The Morgan fingerprint density at radius 2 is 1.88 bits per heavy atom. The van der Waals surface area contributed by atoms with Gasteiger partial charge < -0.3 is 15.3 Å². The molecule has 2 amide bonds. The molecule has 1 aliphatic carbocycles. The van der Waals surface area contributed by atoms with Crippen molar-refractivity contribution in [3.63, 3.8) is 0 Å². The molecule has 8 heteroatoms. The summed E-state index contributed by atoms with van der Waals surface area (Å²) in [5.41, 5.74) is 0.804. The molecule has 1 saturated heterocycles. The van der Waals surface area contributed by atoms with Crippen LogP contribution in [0, 0.1) is 11.8 Å². The fourth-order valence-corrected chi connectivity index (χ4v) is 5.69. The maximum atomic E-state index is 13.8. The van der Waals surface area contributed by atoms with Gasteiger partial charge in [-0.2, -0.15) is 0 Å². The van der Waals surface area contributed by atoms with Gasteiger partial charge in [0, 0.05) is 39.7 Å². The summed E-state index contributed by atoms with van der Waals surface area (Å²) in [7, 11) is 0. The van der Waals surface area contributed by atoms with Gasteiger partial charge in [0.05, 0.1) is 6.42 Å². The smallest absolute Gasteiger partial charge is 0.304 e. The predicted molar refractivity (Wildman–Crippen MR) is 121 cm³/mol. The third kappa shape index (κ3) is 3.37. The normalized spacial score (nSPS) is 26.9. The van der Waals surface area contributed by atoms with Gasteiger partial charge in [-0.15, -0.1) is 0 Å². The standard InChI is InChI=1S/C24H22Cl2N2O4/c25-16-3-1-2-14(8-16)19-9-15(10-21(29)30)22(31)28(12-13-4-5-13)24(19)18-7-6-17(26)11-20(18)27-23(24)32/h1-3,6-8,11,13,15,19H,4-5,9-10,12H2,(H,27,32)(H,29,30)/t15?,19-,24-/m1/s1. The number of nitrogens with zero attached hydrogens (tertiary/aromatic N) is 1.